The molecule has 2 heterocycles. The number of fused-ring (bicyclic) bond motifs is 1. The summed E-state index contributed by atoms with van der Waals surface area (Å²) in [5.74, 6) is -0.0301. The number of aliphatic imine (C=N–C) groups is 1. The van der Waals surface area contributed by atoms with Crippen LogP contribution in [0.4, 0.5) is 11.4 Å². The Labute approximate surface area is 156 Å². The molecule has 0 saturated heterocycles. The molecule has 25 heavy (non-hydrogen) atoms. The van der Waals surface area contributed by atoms with Crippen molar-refractivity contribution < 1.29 is 9.90 Å². The first-order valence-corrected chi connectivity index (χ1v) is 10.2. The molecule has 7 heteroatoms. The van der Waals surface area contributed by atoms with Crippen LogP contribution in [0.15, 0.2) is 17.1 Å². The Bertz CT molecular complexity index is 719. The van der Waals surface area contributed by atoms with E-state index in [1.807, 2.05) is 12.1 Å². The summed E-state index contributed by atoms with van der Waals surface area (Å²) >= 11 is 8.01. The third-order valence-corrected chi connectivity index (χ3v) is 6.54. The standard InChI is InChI=1S/C18H22ClN3O2S/c19-11-5-10-6-15(18-21-13(9-25-18)8-16(23)24)22-17(10)14(7-11)20-12-3-1-2-4-12/h5,7,12-13,15,20,22H,1-4,6,8-9H2,(H,23,24)/t13-,15?/m1/s1. The second-order valence-corrected chi connectivity index (χ2v) is 8.52. The Morgan fingerprint density at radius 3 is 2.96 bits per heavy atom. The molecule has 1 aromatic carbocycles. The molecule has 1 unspecified atom stereocenters. The molecule has 1 aromatic rings. The van der Waals surface area contributed by atoms with E-state index in [2.05, 4.69) is 15.6 Å². The van der Waals surface area contributed by atoms with E-state index in [0.717, 1.165) is 33.6 Å². The van der Waals surface area contributed by atoms with E-state index in [4.69, 9.17) is 16.7 Å². The summed E-state index contributed by atoms with van der Waals surface area (Å²) in [6.07, 6.45) is 5.95. The van der Waals surface area contributed by atoms with E-state index >= 15 is 0 Å². The maximum Gasteiger partial charge on any atom is 0.305 e. The van der Waals surface area contributed by atoms with Gasteiger partial charge in [0.05, 0.1) is 34.9 Å². The van der Waals surface area contributed by atoms with Crippen molar-refractivity contribution in [2.75, 3.05) is 16.4 Å². The van der Waals surface area contributed by atoms with Gasteiger partial charge in [0, 0.05) is 23.2 Å². The molecule has 4 rings (SSSR count). The molecule has 1 fully saturated rings. The van der Waals surface area contributed by atoms with Gasteiger partial charge >= 0.3 is 5.97 Å². The van der Waals surface area contributed by atoms with Gasteiger partial charge < -0.3 is 15.7 Å². The summed E-state index contributed by atoms with van der Waals surface area (Å²) in [5.41, 5.74) is 3.43. The van der Waals surface area contributed by atoms with E-state index in [1.165, 1.54) is 31.2 Å². The number of carboxylic acid groups (broad SMARTS) is 1. The predicted octanol–water partition coefficient (Wildman–Crippen LogP) is 4.02. The van der Waals surface area contributed by atoms with Crippen LogP contribution < -0.4 is 10.6 Å². The molecule has 0 amide bonds. The van der Waals surface area contributed by atoms with E-state index < -0.39 is 5.97 Å². The number of benzene rings is 1. The minimum absolute atomic E-state index is 0.108. The first-order chi connectivity index (χ1) is 12.1. The van der Waals surface area contributed by atoms with Gasteiger partial charge in [-0.2, -0.15) is 0 Å². The highest BCUT2D eigenvalue weighted by atomic mass is 35.5. The molecule has 0 aromatic heterocycles. The van der Waals surface area contributed by atoms with Crippen molar-refractivity contribution in [2.24, 2.45) is 4.99 Å². The lowest BCUT2D eigenvalue weighted by Gasteiger charge is -2.18. The topological polar surface area (TPSA) is 73.7 Å². The van der Waals surface area contributed by atoms with Gasteiger partial charge in [-0.3, -0.25) is 9.79 Å². The zero-order valence-electron chi connectivity index (χ0n) is 13.9. The monoisotopic (exact) mass is 379 g/mol. The fourth-order valence-electron chi connectivity index (χ4n) is 3.93. The highest BCUT2D eigenvalue weighted by Gasteiger charge is 2.32. The third kappa shape index (κ3) is 3.75. The highest BCUT2D eigenvalue weighted by molar-refractivity contribution is 8.14. The molecular weight excluding hydrogens is 358 g/mol. The van der Waals surface area contributed by atoms with Crippen LogP contribution in [0.3, 0.4) is 0 Å². The molecule has 2 aliphatic heterocycles. The quantitative estimate of drug-likeness (QED) is 0.720. The summed E-state index contributed by atoms with van der Waals surface area (Å²) in [4.78, 5) is 15.5. The molecule has 3 aliphatic rings. The van der Waals surface area contributed by atoms with Crippen LogP contribution in [0.5, 0.6) is 0 Å². The molecule has 0 bridgehead atoms. The summed E-state index contributed by atoms with van der Waals surface area (Å²) in [6.45, 7) is 0. The van der Waals surface area contributed by atoms with Crippen LogP contribution >= 0.6 is 23.4 Å². The number of halogens is 1. The highest BCUT2D eigenvalue weighted by Crippen LogP contribution is 2.40. The van der Waals surface area contributed by atoms with Crippen molar-refractivity contribution >= 4 is 45.8 Å². The Hall–Kier alpha value is -1.40. The predicted molar refractivity (Wildman–Crippen MR) is 104 cm³/mol. The number of nitrogens with zero attached hydrogens (tertiary/aromatic N) is 1. The number of hydrogen-bond acceptors (Lipinski definition) is 5. The first-order valence-electron chi connectivity index (χ1n) is 8.86. The number of carbonyl (C=O) groups is 1. The number of hydrogen-bond donors (Lipinski definition) is 3. The average Bonchev–Trinajstić information content (AvgIpc) is 3.26. The molecule has 134 valence electrons. The van der Waals surface area contributed by atoms with Crippen LogP contribution in [0.1, 0.15) is 37.7 Å². The van der Waals surface area contributed by atoms with E-state index in [1.54, 1.807) is 11.8 Å². The van der Waals surface area contributed by atoms with Crippen LogP contribution in [0.25, 0.3) is 0 Å². The van der Waals surface area contributed by atoms with Crippen LogP contribution in [-0.4, -0.2) is 40.0 Å². The van der Waals surface area contributed by atoms with Gasteiger partial charge in [0.25, 0.3) is 0 Å². The molecule has 0 spiro atoms. The number of thioether (sulfide) groups is 1. The van der Waals surface area contributed by atoms with Gasteiger partial charge in [-0.25, -0.2) is 0 Å². The van der Waals surface area contributed by atoms with Crippen LogP contribution in [-0.2, 0) is 11.2 Å². The maximum absolute atomic E-state index is 10.9. The lowest BCUT2D eigenvalue weighted by molar-refractivity contribution is -0.137. The normalized spacial score (nSPS) is 25.6. The number of carboxylic acids is 1. The number of rotatable bonds is 5. The second-order valence-electron chi connectivity index (χ2n) is 7.04. The summed E-state index contributed by atoms with van der Waals surface area (Å²) in [6, 6.07) is 4.58. The van der Waals surface area contributed by atoms with Gasteiger partial charge in [0.2, 0.25) is 0 Å². The number of nitrogens with one attached hydrogen (secondary N) is 2. The lowest BCUT2D eigenvalue weighted by Crippen LogP contribution is -2.24. The molecule has 1 aliphatic carbocycles. The van der Waals surface area contributed by atoms with Gasteiger partial charge in [-0.05, 0) is 30.5 Å². The largest absolute Gasteiger partial charge is 0.481 e. The fourth-order valence-corrected chi connectivity index (χ4v) is 5.29. The fraction of sp³-hybridized carbons (Fsp3) is 0.556. The SMILES string of the molecule is O=C(O)C[C@@H]1CSC(C2Cc3cc(Cl)cc(NC4CCCC4)c3N2)=N1. The van der Waals surface area contributed by atoms with E-state index in [9.17, 15) is 4.79 Å². The van der Waals surface area contributed by atoms with Gasteiger partial charge in [0.15, 0.2) is 0 Å². The van der Waals surface area contributed by atoms with Crippen molar-refractivity contribution in [1.82, 2.24) is 0 Å². The maximum atomic E-state index is 10.9. The average molecular weight is 380 g/mol. The zero-order valence-corrected chi connectivity index (χ0v) is 15.5. The van der Waals surface area contributed by atoms with Crippen molar-refractivity contribution in [3.05, 3.63) is 22.7 Å². The minimum atomic E-state index is -0.784. The summed E-state index contributed by atoms with van der Waals surface area (Å²) in [5, 5.41) is 18.0. The van der Waals surface area contributed by atoms with Crippen molar-refractivity contribution in [2.45, 2.75) is 56.7 Å². The smallest absolute Gasteiger partial charge is 0.305 e. The van der Waals surface area contributed by atoms with Gasteiger partial charge in [0.1, 0.15) is 0 Å². The Kier molecular flexibility index (Phi) is 4.82. The van der Waals surface area contributed by atoms with E-state index in [-0.39, 0.29) is 18.5 Å². The third-order valence-electron chi connectivity index (χ3n) is 5.08. The van der Waals surface area contributed by atoms with Gasteiger partial charge in [-0.15, -0.1) is 11.8 Å². The summed E-state index contributed by atoms with van der Waals surface area (Å²) in [7, 11) is 0. The number of anilines is 2. The molecular formula is C18H22ClN3O2S. The van der Waals surface area contributed by atoms with Gasteiger partial charge in [-0.1, -0.05) is 24.4 Å². The van der Waals surface area contributed by atoms with E-state index in [0.29, 0.717) is 6.04 Å². The molecule has 5 nitrogen and oxygen atoms in total. The Balaban J connectivity index is 1.51. The summed E-state index contributed by atoms with van der Waals surface area (Å²) < 4.78 is 0. The zero-order chi connectivity index (χ0) is 17.4. The minimum Gasteiger partial charge on any atom is -0.481 e. The molecule has 3 N–H and O–H groups in total. The number of aliphatic carboxylic acids is 1. The molecule has 2 atom stereocenters. The lowest BCUT2D eigenvalue weighted by atomic mass is 10.1. The Morgan fingerprint density at radius 2 is 2.20 bits per heavy atom. The van der Waals surface area contributed by atoms with Crippen molar-refractivity contribution in [3.8, 4) is 0 Å². The van der Waals surface area contributed by atoms with Crippen molar-refractivity contribution in [1.29, 1.82) is 0 Å². The Morgan fingerprint density at radius 1 is 1.40 bits per heavy atom. The van der Waals surface area contributed by atoms with Crippen molar-refractivity contribution in [3.63, 3.8) is 0 Å². The first kappa shape index (κ1) is 17.0. The second kappa shape index (κ2) is 7.08. The molecule has 0 radical (unpaired) electrons. The molecule has 1 saturated carbocycles. The van der Waals surface area contributed by atoms with Crippen LogP contribution in [0, 0.1) is 0 Å². The van der Waals surface area contributed by atoms with Crippen LogP contribution in [0.2, 0.25) is 5.02 Å².